The van der Waals surface area contributed by atoms with Crippen LogP contribution in [0.4, 0.5) is 0 Å². The van der Waals surface area contributed by atoms with Gasteiger partial charge in [-0.05, 0) is 92.9 Å². The second-order valence-electron chi connectivity index (χ2n) is 10.4. The molecular weight excluding hydrogens is 394 g/mol. The first-order chi connectivity index (χ1) is 15.2. The molecule has 3 aromatic rings. The number of β-amino-alcohol motifs (C(OH)–C–C–N with tert-alkyl or cyclic N) is 1. The zero-order chi connectivity index (χ0) is 23.0. The van der Waals surface area contributed by atoms with E-state index in [0.29, 0.717) is 17.8 Å². The van der Waals surface area contributed by atoms with E-state index in [-0.39, 0.29) is 6.10 Å². The van der Waals surface area contributed by atoms with Gasteiger partial charge in [0.1, 0.15) is 0 Å². The van der Waals surface area contributed by atoms with E-state index in [2.05, 4.69) is 86.7 Å². The maximum Gasteiger partial charge on any atom is 0.0689 e. The van der Waals surface area contributed by atoms with E-state index in [1.54, 1.807) is 0 Å². The lowest BCUT2D eigenvalue weighted by atomic mass is 9.87. The molecule has 2 N–H and O–H groups in total. The van der Waals surface area contributed by atoms with Gasteiger partial charge >= 0.3 is 0 Å². The molecule has 172 valence electrons. The second kappa shape index (κ2) is 9.36. The first-order valence-electron chi connectivity index (χ1n) is 12.2. The maximum atomic E-state index is 10.2. The number of H-pyrrole nitrogens is 1. The summed E-state index contributed by atoms with van der Waals surface area (Å²) < 4.78 is 0. The summed E-state index contributed by atoms with van der Waals surface area (Å²) in [4.78, 5) is 10.7. The topological polar surface area (TPSA) is 52.2 Å². The molecule has 0 radical (unpaired) electrons. The van der Waals surface area contributed by atoms with Gasteiger partial charge in [0.15, 0.2) is 0 Å². The van der Waals surface area contributed by atoms with Gasteiger partial charge in [-0.25, -0.2) is 0 Å². The molecule has 4 nitrogen and oxygen atoms in total. The van der Waals surface area contributed by atoms with Crippen molar-refractivity contribution in [3.05, 3.63) is 52.8 Å². The first kappa shape index (κ1) is 23.0. The quantitative estimate of drug-likeness (QED) is 0.489. The summed E-state index contributed by atoms with van der Waals surface area (Å²) >= 11 is 0. The fourth-order valence-corrected chi connectivity index (χ4v) is 5.21. The zero-order valence-corrected chi connectivity index (χ0v) is 20.6. The molecular formula is C28H39N3O. The lowest BCUT2D eigenvalue weighted by Gasteiger charge is -2.34. The van der Waals surface area contributed by atoms with Gasteiger partial charge in [-0.3, -0.25) is 4.98 Å². The summed E-state index contributed by atoms with van der Waals surface area (Å²) in [5.41, 5.74) is 8.66. The molecule has 1 aromatic carbocycles. The third kappa shape index (κ3) is 4.77. The Morgan fingerprint density at radius 1 is 1.03 bits per heavy atom. The van der Waals surface area contributed by atoms with Crippen molar-refractivity contribution in [1.82, 2.24) is 14.9 Å². The lowest BCUT2D eigenvalue weighted by Crippen LogP contribution is -2.40. The fraction of sp³-hybridized carbons (Fsp3) is 0.536. The number of hydrogen-bond donors (Lipinski definition) is 2. The average Bonchev–Trinajstić information content (AvgIpc) is 3.12. The molecule has 0 saturated carbocycles. The Balaban J connectivity index is 1.61. The smallest absolute Gasteiger partial charge is 0.0689 e. The molecule has 1 fully saturated rings. The van der Waals surface area contributed by atoms with Crippen LogP contribution >= 0.6 is 0 Å². The molecule has 1 atom stereocenters. The van der Waals surface area contributed by atoms with Gasteiger partial charge < -0.3 is 15.0 Å². The molecule has 3 heterocycles. The normalized spacial score (nSPS) is 17.0. The summed E-state index contributed by atoms with van der Waals surface area (Å²) in [6, 6.07) is 11.4. The van der Waals surface area contributed by atoms with Crippen molar-refractivity contribution in [3.63, 3.8) is 0 Å². The Hall–Kier alpha value is -2.17. The highest BCUT2D eigenvalue weighted by atomic mass is 16.3. The van der Waals surface area contributed by atoms with Crippen molar-refractivity contribution in [2.75, 3.05) is 19.6 Å². The number of benzene rings is 1. The van der Waals surface area contributed by atoms with Crippen molar-refractivity contribution in [2.45, 2.75) is 72.3 Å². The molecule has 1 unspecified atom stereocenters. The van der Waals surface area contributed by atoms with Gasteiger partial charge in [0.25, 0.3) is 0 Å². The number of fused-ring (bicyclic) bond motifs is 1. The highest BCUT2D eigenvalue weighted by Crippen LogP contribution is 2.38. The number of piperidine rings is 1. The van der Waals surface area contributed by atoms with Crippen LogP contribution in [-0.4, -0.2) is 45.7 Å². The van der Waals surface area contributed by atoms with Crippen LogP contribution in [0.25, 0.3) is 22.2 Å². The van der Waals surface area contributed by atoms with E-state index in [1.807, 2.05) is 0 Å². The average molecular weight is 434 g/mol. The summed E-state index contributed by atoms with van der Waals surface area (Å²) in [6.45, 7) is 15.8. The molecule has 1 aliphatic rings. The summed E-state index contributed by atoms with van der Waals surface area (Å²) in [5.74, 6) is 1.35. The van der Waals surface area contributed by atoms with Crippen LogP contribution in [0, 0.1) is 19.8 Å². The molecule has 0 aliphatic carbocycles. The van der Waals surface area contributed by atoms with Crippen LogP contribution < -0.4 is 0 Å². The predicted octanol–water partition coefficient (Wildman–Crippen LogP) is 6.17. The van der Waals surface area contributed by atoms with Gasteiger partial charge in [0, 0.05) is 34.4 Å². The number of nitrogens with zero attached hydrogens (tertiary/aromatic N) is 2. The van der Waals surface area contributed by atoms with Gasteiger partial charge in [0.2, 0.25) is 0 Å². The van der Waals surface area contributed by atoms with Crippen LogP contribution in [0.1, 0.15) is 74.9 Å². The van der Waals surface area contributed by atoms with Crippen molar-refractivity contribution >= 4 is 10.9 Å². The summed E-state index contributed by atoms with van der Waals surface area (Å²) in [5, 5.41) is 11.6. The van der Waals surface area contributed by atoms with Crippen LogP contribution in [-0.2, 0) is 0 Å². The van der Waals surface area contributed by atoms with Crippen LogP contribution in [0.5, 0.6) is 0 Å². The Kier molecular flexibility index (Phi) is 6.73. The molecule has 0 bridgehead atoms. The summed E-state index contributed by atoms with van der Waals surface area (Å²) in [7, 11) is 0. The van der Waals surface area contributed by atoms with Crippen molar-refractivity contribution in [2.24, 2.45) is 5.92 Å². The molecule has 0 amide bonds. The number of nitrogens with one attached hydrogen (secondary N) is 1. The number of aryl methyl sites for hydroxylation is 2. The number of aromatic nitrogens is 2. The highest BCUT2D eigenvalue weighted by molar-refractivity contribution is 5.92. The van der Waals surface area contributed by atoms with Gasteiger partial charge in [0.05, 0.1) is 11.8 Å². The monoisotopic (exact) mass is 433 g/mol. The number of aliphatic hydroxyl groups excluding tert-OH is 1. The van der Waals surface area contributed by atoms with Crippen molar-refractivity contribution in [3.8, 4) is 11.3 Å². The second-order valence-corrected chi connectivity index (χ2v) is 10.4. The number of likely N-dealkylation sites (tertiary alicyclic amines) is 1. The maximum absolute atomic E-state index is 10.2. The van der Waals surface area contributed by atoms with Crippen LogP contribution in [0.2, 0.25) is 0 Å². The molecule has 2 aromatic heterocycles. The molecule has 0 spiro atoms. The Morgan fingerprint density at radius 2 is 1.69 bits per heavy atom. The number of aliphatic hydroxyl groups is 1. The largest absolute Gasteiger partial charge is 0.392 e. The van der Waals surface area contributed by atoms with E-state index in [1.165, 1.54) is 33.3 Å². The minimum absolute atomic E-state index is 0.227. The minimum Gasteiger partial charge on any atom is -0.392 e. The lowest BCUT2D eigenvalue weighted by molar-refractivity contribution is 0.0657. The number of aromatic amines is 1. The van der Waals surface area contributed by atoms with E-state index < -0.39 is 0 Å². The van der Waals surface area contributed by atoms with Crippen LogP contribution in [0.15, 0.2) is 30.3 Å². The molecule has 4 heteroatoms. The van der Waals surface area contributed by atoms with E-state index in [0.717, 1.165) is 43.9 Å². The Labute approximate surface area is 193 Å². The number of rotatable bonds is 6. The van der Waals surface area contributed by atoms with E-state index >= 15 is 0 Å². The highest BCUT2D eigenvalue weighted by Gasteiger charge is 2.24. The zero-order valence-electron chi connectivity index (χ0n) is 20.6. The minimum atomic E-state index is -0.227. The van der Waals surface area contributed by atoms with E-state index in [4.69, 9.17) is 0 Å². The molecule has 32 heavy (non-hydrogen) atoms. The third-order valence-corrected chi connectivity index (χ3v) is 7.08. The van der Waals surface area contributed by atoms with Gasteiger partial charge in [-0.1, -0.05) is 33.8 Å². The molecule has 4 rings (SSSR count). The number of hydrogen-bond acceptors (Lipinski definition) is 3. The first-order valence-corrected chi connectivity index (χ1v) is 12.2. The van der Waals surface area contributed by atoms with Crippen LogP contribution in [0.3, 0.4) is 0 Å². The molecule has 1 saturated heterocycles. The van der Waals surface area contributed by atoms with Gasteiger partial charge in [-0.15, -0.1) is 0 Å². The Morgan fingerprint density at radius 3 is 2.28 bits per heavy atom. The standard InChI is InChI=1S/C28H39N3O/c1-17(2)26(32)16-31-11-9-21(10-12-31)22-7-8-25-24(15-22)27(18(3)4)28(30-25)23-13-19(5)29-20(6)14-23/h7-8,13-15,17-18,21,26,30,32H,9-12,16H2,1-6H3. The Bertz CT molecular complexity index is 1050. The van der Waals surface area contributed by atoms with E-state index in [9.17, 15) is 5.11 Å². The third-order valence-electron chi connectivity index (χ3n) is 7.08. The predicted molar refractivity (Wildman–Crippen MR) is 134 cm³/mol. The summed E-state index contributed by atoms with van der Waals surface area (Å²) in [6.07, 6.45) is 2.09. The number of pyridine rings is 1. The SMILES string of the molecule is Cc1cc(-c2[nH]c3ccc(C4CCN(CC(O)C(C)C)CC4)cc3c2C(C)C)cc(C)n1. The van der Waals surface area contributed by atoms with Gasteiger partial charge in [-0.2, -0.15) is 0 Å². The molecule has 1 aliphatic heterocycles. The van der Waals surface area contributed by atoms with Crippen molar-refractivity contribution in [1.29, 1.82) is 0 Å². The fourth-order valence-electron chi connectivity index (χ4n) is 5.21. The van der Waals surface area contributed by atoms with Crippen molar-refractivity contribution < 1.29 is 5.11 Å².